The van der Waals surface area contributed by atoms with Gasteiger partial charge in [0.15, 0.2) is 0 Å². The molecule has 0 saturated carbocycles. The normalized spacial score (nSPS) is 15.6. The Morgan fingerprint density at radius 3 is 2.65 bits per heavy atom. The zero-order valence-electron chi connectivity index (χ0n) is 13.5. The summed E-state index contributed by atoms with van der Waals surface area (Å²) in [4.78, 5) is 20.7. The first-order valence-corrected chi connectivity index (χ1v) is 8.02. The first-order chi connectivity index (χ1) is 11.2. The molecular weight excluding hydrogens is 290 g/mol. The minimum absolute atomic E-state index is 0.00596. The highest BCUT2D eigenvalue weighted by Gasteiger charge is 2.21. The number of anilines is 1. The number of carbonyl (C=O) groups excluding carboxylic acids is 1. The van der Waals surface area contributed by atoms with Crippen molar-refractivity contribution in [1.29, 1.82) is 0 Å². The van der Waals surface area contributed by atoms with Gasteiger partial charge in [-0.25, -0.2) is 9.78 Å². The van der Waals surface area contributed by atoms with Crippen molar-refractivity contribution in [3.8, 4) is 0 Å². The predicted octanol–water partition coefficient (Wildman–Crippen LogP) is 2.04. The van der Waals surface area contributed by atoms with Gasteiger partial charge in [-0.1, -0.05) is 18.2 Å². The van der Waals surface area contributed by atoms with E-state index in [2.05, 4.69) is 19.8 Å². The molecule has 122 valence electrons. The molecule has 0 radical (unpaired) electrons. The molecule has 0 aliphatic carbocycles. The Labute approximate surface area is 136 Å². The molecule has 0 spiro atoms. The fraction of sp³-hybridized carbons (Fsp3) is 0.412. The summed E-state index contributed by atoms with van der Waals surface area (Å²) in [6, 6.07) is 7.85. The smallest absolute Gasteiger partial charge is 0.321 e. The molecule has 1 aromatic carbocycles. The second-order valence-corrected chi connectivity index (χ2v) is 5.87. The van der Waals surface area contributed by atoms with E-state index in [1.165, 1.54) is 0 Å². The van der Waals surface area contributed by atoms with Crippen LogP contribution in [0, 0.1) is 6.92 Å². The maximum atomic E-state index is 12.4. The van der Waals surface area contributed by atoms with Crippen molar-refractivity contribution in [2.75, 3.05) is 38.0 Å². The predicted molar refractivity (Wildman–Crippen MR) is 90.4 cm³/mol. The lowest BCUT2D eigenvalue weighted by atomic mass is 10.2. The van der Waals surface area contributed by atoms with Crippen molar-refractivity contribution in [3.05, 3.63) is 48.5 Å². The fourth-order valence-corrected chi connectivity index (χ4v) is 2.76. The lowest BCUT2D eigenvalue weighted by molar-refractivity contribution is 0.144. The molecule has 2 heterocycles. The van der Waals surface area contributed by atoms with Crippen LogP contribution in [-0.4, -0.2) is 58.1 Å². The van der Waals surface area contributed by atoms with Crippen LogP contribution >= 0.6 is 0 Å². The van der Waals surface area contributed by atoms with E-state index in [0.29, 0.717) is 0 Å². The molecule has 3 rings (SSSR count). The average Bonchev–Trinajstić information content (AvgIpc) is 3.09. The van der Waals surface area contributed by atoms with E-state index in [1.807, 2.05) is 48.6 Å². The molecular formula is C17H23N5O. The van der Waals surface area contributed by atoms with Crippen LogP contribution in [-0.2, 0) is 6.54 Å². The van der Waals surface area contributed by atoms with E-state index in [4.69, 9.17) is 0 Å². The highest BCUT2D eigenvalue weighted by molar-refractivity contribution is 5.90. The van der Waals surface area contributed by atoms with E-state index in [9.17, 15) is 4.79 Å². The molecule has 0 bridgehead atoms. The SMILES string of the molecule is Cc1ccccc1NC(=O)N1CCN(CCn2ccnc2)CC1. The van der Waals surface area contributed by atoms with Gasteiger partial charge in [-0.05, 0) is 18.6 Å². The highest BCUT2D eigenvalue weighted by Crippen LogP contribution is 2.14. The van der Waals surface area contributed by atoms with Gasteiger partial charge >= 0.3 is 6.03 Å². The van der Waals surface area contributed by atoms with Crippen LogP contribution in [0.2, 0.25) is 0 Å². The number of benzene rings is 1. The van der Waals surface area contributed by atoms with Crippen molar-refractivity contribution in [1.82, 2.24) is 19.4 Å². The number of aromatic nitrogens is 2. The van der Waals surface area contributed by atoms with Crippen LogP contribution in [0.4, 0.5) is 10.5 Å². The third-order valence-corrected chi connectivity index (χ3v) is 4.28. The van der Waals surface area contributed by atoms with Gasteiger partial charge in [0.05, 0.1) is 6.33 Å². The van der Waals surface area contributed by atoms with Crippen molar-refractivity contribution >= 4 is 11.7 Å². The Morgan fingerprint density at radius 2 is 1.96 bits per heavy atom. The van der Waals surface area contributed by atoms with Gasteiger partial charge in [-0.2, -0.15) is 0 Å². The molecule has 23 heavy (non-hydrogen) atoms. The first kappa shape index (κ1) is 15.6. The molecule has 1 aliphatic heterocycles. The van der Waals surface area contributed by atoms with Crippen LogP contribution in [0.25, 0.3) is 0 Å². The average molecular weight is 313 g/mol. The number of carbonyl (C=O) groups is 1. The molecule has 1 aliphatic rings. The summed E-state index contributed by atoms with van der Waals surface area (Å²) in [7, 11) is 0. The van der Waals surface area contributed by atoms with Gasteiger partial charge in [0.25, 0.3) is 0 Å². The van der Waals surface area contributed by atoms with E-state index >= 15 is 0 Å². The Balaban J connectivity index is 1.45. The topological polar surface area (TPSA) is 53.4 Å². The highest BCUT2D eigenvalue weighted by atomic mass is 16.2. The monoisotopic (exact) mass is 313 g/mol. The Bertz CT molecular complexity index is 632. The molecule has 0 unspecified atom stereocenters. The summed E-state index contributed by atoms with van der Waals surface area (Å²) in [5.41, 5.74) is 1.97. The molecule has 6 heteroatoms. The van der Waals surface area contributed by atoms with Gasteiger partial charge in [0, 0.05) is 57.3 Å². The first-order valence-electron chi connectivity index (χ1n) is 8.02. The quantitative estimate of drug-likeness (QED) is 0.940. The second kappa shape index (κ2) is 7.28. The molecule has 1 fully saturated rings. The van der Waals surface area contributed by atoms with Crippen LogP contribution in [0.5, 0.6) is 0 Å². The van der Waals surface area contributed by atoms with Crippen LogP contribution in [0.15, 0.2) is 43.0 Å². The van der Waals surface area contributed by atoms with E-state index in [0.717, 1.165) is 50.5 Å². The number of piperazine rings is 1. The molecule has 1 aromatic heterocycles. The molecule has 2 aromatic rings. The standard InChI is InChI=1S/C17H23N5O/c1-15-4-2-3-5-16(15)19-17(23)22-12-10-20(11-13-22)8-9-21-7-6-18-14-21/h2-7,14H,8-13H2,1H3,(H,19,23). The van der Waals surface area contributed by atoms with Gasteiger partial charge in [0.1, 0.15) is 0 Å². The minimum atomic E-state index is -0.00596. The summed E-state index contributed by atoms with van der Waals surface area (Å²) < 4.78 is 2.08. The molecule has 1 N–H and O–H groups in total. The summed E-state index contributed by atoms with van der Waals surface area (Å²) in [5, 5.41) is 3.01. The van der Waals surface area contributed by atoms with Gasteiger partial charge in [-0.15, -0.1) is 0 Å². The number of rotatable bonds is 4. The molecule has 2 amide bonds. The number of hydrogen-bond acceptors (Lipinski definition) is 3. The summed E-state index contributed by atoms with van der Waals surface area (Å²) in [6.07, 6.45) is 5.62. The Hall–Kier alpha value is -2.34. The lowest BCUT2D eigenvalue weighted by Gasteiger charge is -2.34. The van der Waals surface area contributed by atoms with Gasteiger partial charge < -0.3 is 14.8 Å². The van der Waals surface area contributed by atoms with Crippen molar-refractivity contribution in [2.45, 2.75) is 13.5 Å². The van der Waals surface area contributed by atoms with Crippen LogP contribution in [0.1, 0.15) is 5.56 Å². The third-order valence-electron chi connectivity index (χ3n) is 4.28. The summed E-state index contributed by atoms with van der Waals surface area (Å²) in [6.45, 7) is 7.29. The fourth-order valence-electron chi connectivity index (χ4n) is 2.76. The van der Waals surface area contributed by atoms with Gasteiger partial charge in [0.2, 0.25) is 0 Å². The van der Waals surface area contributed by atoms with Crippen molar-refractivity contribution in [2.24, 2.45) is 0 Å². The van der Waals surface area contributed by atoms with Crippen molar-refractivity contribution < 1.29 is 4.79 Å². The zero-order valence-corrected chi connectivity index (χ0v) is 13.5. The Kier molecular flexibility index (Phi) is 4.92. The third kappa shape index (κ3) is 4.10. The second-order valence-electron chi connectivity index (χ2n) is 5.87. The largest absolute Gasteiger partial charge is 0.336 e. The molecule has 6 nitrogen and oxygen atoms in total. The van der Waals surface area contributed by atoms with E-state index in [1.54, 1.807) is 6.20 Å². The summed E-state index contributed by atoms with van der Waals surface area (Å²) in [5.74, 6) is 0. The number of amides is 2. The van der Waals surface area contributed by atoms with E-state index < -0.39 is 0 Å². The number of aryl methyl sites for hydroxylation is 1. The Morgan fingerprint density at radius 1 is 1.17 bits per heavy atom. The molecule has 1 saturated heterocycles. The minimum Gasteiger partial charge on any atom is -0.336 e. The lowest BCUT2D eigenvalue weighted by Crippen LogP contribution is -2.50. The van der Waals surface area contributed by atoms with Crippen molar-refractivity contribution in [3.63, 3.8) is 0 Å². The zero-order chi connectivity index (χ0) is 16.1. The maximum absolute atomic E-state index is 12.4. The number of nitrogens with one attached hydrogen (secondary N) is 1. The maximum Gasteiger partial charge on any atom is 0.321 e. The number of para-hydroxylation sites is 1. The van der Waals surface area contributed by atoms with Crippen LogP contribution < -0.4 is 5.32 Å². The van der Waals surface area contributed by atoms with Gasteiger partial charge in [-0.3, -0.25) is 4.90 Å². The van der Waals surface area contributed by atoms with Crippen LogP contribution in [0.3, 0.4) is 0 Å². The summed E-state index contributed by atoms with van der Waals surface area (Å²) >= 11 is 0. The molecule has 0 atom stereocenters. The van der Waals surface area contributed by atoms with E-state index in [-0.39, 0.29) is 6.03 Å². The number of hydrogen-bond donors (Lipinski definition) is 1. The number of nitrogens with zero attached hydrogens (tertiary/aromatic N) is 4. The number of imidazole rings is 1. The number of urea groups is 1.